The average molecular weight is 208 g/mol. The monoisotopic (exact) mass is 208 g/mol. The highest BCUT2D eigenvalue weighted by Crippen LogP contribution is 2.29. The summed E-state index contributed by atoms with van der Waals surface area (Å²) in [6, 6.07) is 8.14. The molecule has 0 amide bonds. The van der Waals surface area contributed by atoms with Gasteiger partial charge in [-0.15, -0.1) is 11.3 Å². The van der Waals surface area contributed by atoms with Crippen LogP contribution in [0.2, 0.25) is 0 Å². The Balaban J connectivity index is 2.51. The molecule has 1 heterocycles. The van der Waals surface area contributed by atoms with Crippen LogP contribution in [0.15, 0.2) is 29.6 Å². The van der Waals surface area contributed by atoms with Crippen LogP contribution >= 0.6 is 23.6 Å². The molecule has 1 aromatic heterocycles. The molecule has 13 heavy (non-hydrogen) atoms. The number of fused-ring (bicyclic) bond motifs is 1. The Kier molecular flexibility index (Phi) is 2.16. The van der Waals surface area contributed by atoms with E-state index in [0.717, 1.165) is 5.69 Å². The van der Waals surface area contributed by atoms with Crippen molar-refractivity contribution in [3.05, 3.63) is 29.6 Å². The summed E-state index contributed by atoms with van der Waals surface area (Å²) in [6.07, 6.45) is 0. The summed E-state index contributed by atoms with van der Waals surface area (Å²) in [4.78, 5) is 0. The summed E-state index contributed by atoms with van der Waals surface area (Å²) in [5, 5.41) is 6.44. The van der Waals surface area contributed by atoms with E-state index in [9.17, 15) is 0 Å². The second kappa shape index (κ2) is 3.32. The Morgan fingerprint density at radius 2 is 2.15 bits per heavy atom. The summed E-state index contributed by atoms with van der Waals surface area (Å²) < 4.78 is 1.24. The third kappa shape index (κ3) is 1.64. The fraction of sp³-hybridized carbons (Fsp3) is 0. The largest absolute Gasteiger partial charge is 0.376 e. The summed E-state index contributed by atoms with van der Waals surface area (Å²) in [5.74, 6) is 0. The van der Waals surface area contributed by atoms with Gasteiger partial charge < -0.3 is 11.1 Å². The number of thiophene rings is 1. The standard InChI is InChI=1S/C9H8N2S2/c10-9(12)11-7-5-13-8-4-2-1-3-6(7)8/h1-5H,(H3,10,11,12). The maximum atomic E-state index is 5.40. The lowest BCUT2D eigenvalue weighted by Crippen LogP contribution is -2.18. The van der Waals surface area contributed by atoms with E-state index >= 15 is 0 Å². The highest BCUT2D eigenvalue weighted by atomic mass is 32.1. The minimum atomic E-state index is 0.309. The Morgan fingerprint density at radius 3 is 2.92 bits per heavy atom. The molecule has 2 nitrogen and oxygen atoms in total. The van der Waals surface area contributed by atoms with Crippen LogP contribution in [0.3, 0.4) is 0 Å². The number of hydrogen-bond acceptors (Lipinski definition) is 2. The molecule has 0 aliphatic carbocycles. The van der Waals surface area contributed by atoms with Crippen LogP contribution in [0.4, 0.5) is 5.69 Å². The zero-order valence-electron chi connectivity index (χ0n) is 6.78. The van der Waals surface area contributed by atoms with Gasteiger partial charge in [0.1, 0.15) is 0 Å². The van der Waals surface area contributed by atoms with Gasteiger partial charge in [0.25, 0.3) is 0 Å². The summed E-state index contributed by atoms with van der Waals surface area (Å²) in [5.41, 5.74) is 6.39. The number of benzene rings is 1. The molecule has 0 fully saturated rings. The molecule has 0 unspecified atom stereocenters. The van der Waals surface area contributed by atoms with Gasteiger partial charge in [0, 0.05) is 15.5 Å². The van der Waals surface area contributed by atoms with Crippen molar-refractivity contribution in [3.8, 4) is 0 Å². The van der Waals surface area contributed by atoms with E-state index in [0.29, 0.717) is 5.11 Å². The number of nitrogens with one attached hydrogen (secondary N) is 1. The third-order valence-electron chi connectivity index (χ3n) is 1.74. The van der Waals surface area contributed by atoms with Gasteiger partial charge in [-0.3, -0.25) is 0 Å². The quantitative estimate of drug-likeness (QED) is 0.707. The molecule has 0 aliphatic heterocycles. The number of nitrogens with two attached hydrogens (primary N) is 1. The van der Waals surface area contributed by atoms with Gasteiger partial charge in [-0.25, -0.2) is 0 Å². The first-order valence-electron chi connectivity index (χ1n) is 3.80. The van der Waals surface area contributed by atoms with E-state index < -0.39 is 0 Å². The fourth-order valence-corrected chi connectivity index (χ4v) is 2.21. The molecule has 2 aromatic rings. The summed E-state index contributed by atoms with van der Waals surface area (Å²) in [6.45, 7) is 0. The van der Waals surface area contributed by atoms with Gasteiger partial charge in [-0.05, 0) is 18.3 Å². The lowest BCUT2D eigenvalue weighted by Gasteiger charge is -2.00. The van der Waals surface area contributed by atoms with Gasteiger partial charge in [0.05, 0.1) is 5.69 Å². The van der Waals surface area contributed by atoms with Crippen molar-refractivity contribution in [3.63, 3.8) is 0 Å². The number of anilines is 1. The molecular formula is C9H8N2S2. The van der Waals surface area contributed by atoms with Crippen LogP contribution in [0.25, 0.3) is 10.1 Å². The molecular weight excluding hydrogens is 200 g/mol. The maximum absolute atomic E-state index is 5.40. The van der Waals surface area contributed by atoms with E-state index in [4.69, 9.17) is 18.0 Å². The van der Waals surface area contributed by atoms with Crippen LogP contribution in [-0.4, -0.2) is 5.11 Å². The first-order chi connectivity index (χ1) is 6.27. The summed E-state index contributed by atoms with van der Waals surface area (Å²) >= 11 is 6.46. The molecule has 0 atom stereocenters. The molecule has 4 heteroatoms. The van der Waals surface area contributed by atoms with Gasteiger partial charge >= 0.3 is 0 Å². The van der Waals surface area contributed by atoms with E-state index in [2.05, 4.69) is 11.4 Å². The molecule has 0 aliphatic rings. The zero-order chi connectivity index (χ0) is 9.26. The number of thiocarbonyl (C=S) groups is 1. The SMILES string of the molecule is NC(=S)Nc1csc2ccccc12. The zero-order valence-corrected chi connectivity index (χ0v) is 8.41. The van der Waals surface area contributed by atoms with E-state index in [1.807, 2.05) is 23.6 Å². The Hall–Kier alpha value is -1.13. The minimum absolute atomic E-state index is 0.309. The lowest BCUT2D eigenvalue weighted by atomic mass is 10.2. The van der Waals surface area contributed by atoms with E-state index in [1.165, 1.54) is 10.1 Å². The molecule has 0 saturated heterocycles. The molecule has 1 aromatic carbocycles. The smallest absolute Gasteiger partial charge is 0.168 e. The van der Waals surface area contributed by atoms with Crippen molar-refractivity contribution < 1.29 is 0 Å². The van der Waals surface area contributed by atoms with Gasteiger partial charge in [-0.2, -0.15) is 0 Å². The average Bonchev–Trinajstić information content (AvgIpc) is 2.48. The summed E-state index contributed by atoms with van der Waals surface area (Å²) in [7, 11) is 0. The van der Waals surface area contributed by atoms with Gasteiger partial charge in [0.2, 0.25) is 0 Å². The van der Waals surface area contributed by atoms with Gasteiger partial charge in [-0.1, -0.05) is 18.2 Å². The van der Waals surface area contributed by atoms with Crippen molar-refractivity contribution in [2.45, 2.75) is 0 Å². The molecule has 2 rings (SSSR count). The van der Waals surface area contributed by atoms with Crippen LogP contribution in [0.5, 0.6) is 0 Å². The highest BCUT2D eigenvalue weighted by Gasteiger charge is 2.02. The second-order valence-corrected chi connectivity index (χ2v) is 3.99. The molecule has 0 spiro atoms. The molecule has 0 saturated carbocycles. The Morgan fingerprint density at radius 1 is 1.38 bits per heavy atom. The number of hydrogen-bond donors (Lipinski definition) is 2. The van der Waals surface area contributed by atoms with Crippen molar-refractivity contribution in [2.24, 2.45) is 5.73 Å². The molecule has 0 radical (unpaired) electrons. The normalized spacial score (nSPS) is 10.2. The topological polar surface area (TPSA) is 38.0 Å². The van der Waals surface area contributed by atoms with Crippen LogP contribution < -0.4 is 11.1 Å². The molecule has 3 N–H and O–H groups in total. The molecule has 0 bridgehead atoms. The fourth-order valence-electron chi connectivity index (χ4n) is 1.21. The second-order valence-electron chi connectivity index (χ2n) is 2.63. The van der Waals surface area contributed by atoms with Gasteiger partial charge in [0.15, 0.2) is 5.11 Å². The van der Waals surface area contributed by atoms with Crippen LogP contribution in [0.1, 0.15) is 0 Å². The predicted molar refractivity (Wildman–Crippen MR) is 62.2 cm³/mol. The Labute approximate surface area is 85.4 Å². The van der Waals surface area contributed by atoms with Crippen molar-refractivity contribution in [1.82, 2.24) is 0 Å². The van der Waals surface area contributed by atoms with Crippen molar-refractivity contribution in [2.75, 3.05) is 5.32 Å². The van der Waals surface area contributed by atoms with E-state index in [1.54, 1.807) is 11.3 Å². The maximum Gasteiger partial charge on any atom is 0.168 e. The first kappa shape index (κ1) is 8.47. The van der Waals surface area contributed by atoms with Crippen molar-refractivity contribution >= 4 is 44.4 Å². The highest BCUT2D eigenvalue weighted by molar-refractivity contribution is 7.80. The predicted octanol–water partition coefficient (Wildman–Crippen LogP) is 2.56. The lowest BCUT2D eigenvalue weighted by molar-refractivity contribution is 1.69. The molecule has 66 valence electrons. The van der Waals surface area contributed by atoms with Crippen molar-refractivity contribution in [1.29, 1.82) is 0 Å². The minimum Gasteiger partial charge on any atom is -0.376 e. The van der Waals surface area contributed by atoms with E-state index in [-0.39, 0.29) is 0 Å². The van der Waals surface area contributed by atoms with Crippen LogP contribution in [0, 0.1) is 0 Å². The third-order valence-corrected chi connectivity index (χ3v) is 2.80. The Bertz CT molecular complexity index is 448. The first-order valence-corrected chi connectivity index (χ1v) is 5.09. The van der Waals surface area contributed by atoms with Crippen LogP contribution in [-0.2, 0) is 0 Å². The number of rotatable bonds is 1.